The Morgan fingerprint density at radius 2 is 1.92 bits per heavy atom. The van der Waals surface area contributed by atoms with E-state index in [4.69, 9.17) is 0 Å². The summed E-state index contributed by atoms with van der Waals surface area (Å²) in [5.41, 5.74) is 3.26. The quantitative estimate of drug-likeness (QED) is 0.683. The zero-order valence-electron chi connectivity index (χ0n) is 12.9. The molecule has 1 unspecified atom stereocenters. The van der Waals surface area contributed by atoms with Crippen LogP contribution >= 0.6 is 15.9 Å². The molecular formula is C18H17BrN2O2S. The number of aromatic nitrogens is 1. The molecule has 3 aromatic rings. The Morgan fingerprint density at radius 1 is 1.12 bits per heavy atom. The number of halogens is 1. The molecule has 1 aliphatic rings. The van der Waals surface area contributed by atoms with Gasteiger partial charge in [0.1, 0.15) is 0 Å². The minimum atomic E-state index is -3.53. The van der Waals surface area contributed by atoms with Gasteiger partial charge < -0.3 is 4.98 Å². The standard InChI is InChI=1S/C18H17BrN2O2S/c19-12-9-10-16-15(11-12)14-7-4-8-17(18(14)20-16)21-24(22,23)13-5-2-1-3-6-13/h1-3,5-6,9-11,17,20-21H,4,7-8H2. The minimum Gasteiger partial charge on any atom is -0.357 e. The van der Waals surface area contributed by atoms with E-state index in [-0.39, 0.29) is 6.04 Å². The first-order valence-electron chi connectivity index (χ1n) is 7.92. The molecule has 0 bridgehead atoms. The highest BCUT2D eigenvalue weighted by atomic mass is 79.9. The highest BCUT2D eigenvalue weighted by molar-refractivity contribution is 9.10. The van der Waals surface area contributed by atoms with Crippen LogP contribution in [-0.4, -0.2) is 13.4 Å². The number of aryl methyl sites for hydroxylation is 1. The number of rotatable bonds is 3. The molecule has 1 heterocycles. The van der Waals surface area contributed by atoms with Crippen molar-refractivity contribution in [3.63, 3.8) is 0 Å². The van der Waals surface area contributed by atoms with E-state index in [2.05, 4.69) is 31.7 Å². The number of benzene rings is 2. The summed E-state index contributed by atoms with van der Waals surface area (Å²) in [6, 6.07) is 14.4. The van der Waals surface area contributed by atoms with Crippen LogP contribution in [0.15, 0.2) is 57.9 Å². The molecule has 4 nitrogen and oxygen atoms in total. The first kappa shape index (κ1) is 15.9. The van der Waals surface area contributed by atoms with Gasteiger partial charge in [0.2, 0.25) is 10.0 Å². The van der Waals surface area contributed by atoms with Crippen molar-refractivity contribution in [2.75, 3.05) is 0 Å². The van der Waals surface area contributed by atoms with Crippen LogP contribution in [0.1, 0.15) is 30.1 Å². The second-order valence-electron chi connectivity index (χ2n) is 6.09. The molecule has 1 atom stereocenters. The number of hydrogen-bond acceptors (Lipinski definition) is 2. The Balaban J connectivity index is 1.73. The summed E-state index contributed by atoms with van der Waals surface area (Å²) >= 11 is 3.51. The topological polar surface area (TPSA) is 62.0 Å². The lowest BCUT2D eigenvalue weighted by molar-refractivity contribution is 0.501. The largest absolute Gasteiger partial charge is 0.357 e. The van der Waals surface area contributed by atoms with Crippen molar-refractivity contribution in [3.05, 3.63) is 64.3 Å². The van der Waals surface area contributed by atoms with Crippen LogP contribution in [0.3, 0.4) is 0 Å². The maximum absolute atomic E-state index is 12.6. The average molecular weight is 405 g/mol. The van der Waals surface area contributed by atoms with Gasteiger partial charge in [0.05, 0.1) is 10.9 Å². The fraction of sp³-hybridized carbons (Fsp3) is 0.222. The molecule has 0 spiro atoms. The lowest BCUT2D eigenvalue weighted by Gasteiger charge is -2.23. The summed E-state index contributed by atoms with van der Waals surface area (Å²) in [4.78, 5) is 3.72. The molecular weight excluding hydrogens is 388 g/mol. The number of nitrogens with one attached hydrogen (secondary N) is 2. The third kappa shape index (κ3) is 2.79. The van der Waals surface area contributed by atoms with E-state index in [0.717, 1.165) is 34.9 Å². The average Bonchev–Trinajstić information content (AvgIpc) is 2.95. The Bertz CT molecular complexity index is 997. The number of fused-ring (bicyclic) bond motifs is 3. The lowest BCUT2D eigenvalue weighted by Crippen LogP contribution is -2.31. The smallest absolute Gasteiger partial charge is 0.241 e. The fourth-order valence-corrected chi connectivity index (χ4v) is 5.03. The Morgan fingerprint density at radius 3 is 2.71 bits per heavy atom. The third-order valence-electron chi connectivity index (χ3n) is 4.52. The minimum absolute atomic E-state index is 0.217. The predicted molar refractivity (Wildman–Crippen MR) is 98.4 cm³/mol. The summed E-state index contributed by atoms with van der Waals surface area (Å²) in [5.74, 6) is 0. The van der Waals surface area contributed by atoms with Crippen molar-refractivity contribution in [2.24, 2.45) is 0 Å². The molecule has 0 fully saturated rings. The molecule has 24 heavy (non-hydrogen) atoms. The van der Waals surface area contributed by atoms with Gasteiger partial charge in [-0.1, -0.05) is 34.1 Å². The normalized spacial score (nSPS) is 17.8. The van der Waals surface area contributed by atoms with Crippen molar-refractivity contribution in [1.29, 1.82) is 0 Å². The van der Waals surface area contributed by atoms with Crippen molar-refractivity contribution >= 4 is 36.9 Å². The maximum atomic E-state index is 12.6. The number of H-pyrrole nitrogens is 1. The molecule has 0 saturated heterocycles. The Hall–Kier alpha value is -1.63. The Labute approximate surface area is 149 Å². The van der Waals surface area contributed by atoms with Crippen molar-refractivity contribution in [3.8, 4) is 0 Å². The van der Waals surface area contributed by atoms with Gasteiger partial charge in [-0.2, -0.15) is 0 Å². The van der Waals surface area contributed by atoms with Crippen LogP contribution in [0.25, 0.3) is 10.9 Å². The van der Waals surface area contributed by atoms with Gasteiger partial charge in [0, 0.05) is 21.1 Å². The van der Waals surface area contributed by atoms with Crippen LogP contribution in [0.4, 0.5) is 0 Å². The molecule has 6 heteroatoms. The van der Waals surface area contributed by atoms with Crippen LogP contribution in [-0.2, 0) is 16.4 Å². The van der Waals surface area contributed by atoms with Crippen LogP contribution < -0.4 is 4.72 Å². The molecule has 1 aliphatic carbocycles. The molecule has 0 aliphatic heterocycles. The van der Waals surface area contributed by atoms with Gasteiger partial charge in [0.15, 0.2) is 0 Å². The molecule has 2 N–H and O–H groups in total. The fourth-order valence-electron chi connectivity index (χ4n) is 3.41. The van der Waals surface area contributed by atoms with Gasteiger partial charge in [-0.25, -0.2) is 13.1 Å². The van der Waals surface area contributed by atoms with Crippen molar-refractivity contribution in [2.45, 2.75) is 30.2 Å². The first-order valence-corrected chi connectivity index (χ1v) is 10.2. The molecule has 0 amide bonds. The zero-order valence-corrected chi connectivity index (χ0v) is 15.3. The van der Waals surface area contributed by atoms with E-state index < -0.39 is 10.0 Å². The molecule has 0 saturated carbocycles. The summed E-state index contributed by atoms with van der Waals surface area (Å²) in [6.07, 6.45) is 2.73. The Kier molecular flexibility index (Phi) is 3.98. The molecule has 124 valence electrons. The monoisotopic (exact) mass is 404 g/mol. The maximum Gasteiger partial charge on any atom is 0.241 e. The zero-order chi connectivity index (χ0) is 16.7. The van der Waals surface area contributed by atoms with E-state index in [0.29, 0.717) is 4.90 Å². The van der Waals surface area contributed by atoms with Gasteiger partial charge in [0.25, 0.3) is 0 Å². The van der Waals surface area contributed by atoms with Gasteiger partial charge >= 0.3 is 0 Å². The van der Waals surface area contributed by atoms with Gasteiger partial charge in [-0.05, 0) is 55.2 Å². The summed E-state index contributed by atoms with van der Waals surface area (Å²) < 4.78 is 29.2. The summed E-state index contributed by atoms with van der Waals surface area (Å²) in [5, 5.41) is 1.17. The van der Waals surface area contributed by atoms with Crippen molar-refractivity contribution in [1.82, 2.24) is 9.71 Å². The number of sulfonamides is 1. The van der Waals surface area contributed by atoms with E-state index in [9.17, 15) is 8.42 Å². The SMILES string of the molecule is O=S(=O)(NC1CCCc2c1[nH]c1ccc(Br)cc21)c1ccccc1. The third-order valence-corrected chi connectivity index (χ3v) is 6.50. The summed E-state index contributed by atoms with van der Waals surface area (Å²) in [7, 11) is -3.53. The first-order chi connectivity index (χ1) is 11.5. The molecule has 2 aromatic carbocycles. The van der Waals surface area contributed by atoms with Crippen LogP contribution in [0, 0.1) is 0 Å². The van der Waals surface area contributed by atoms with Crippen LogP contribution in [0.2, 0.25) is 0 Å². The van der Waals surface area contributed by atoms with E-state index >= 15 is 0 Å². The lowest BCUT2D eigenvalue weighted by atomic mass is 9.92. The van der Waals surface area contributed by atoms with Gasteiger partial charge in [-0.15, -0.1) is 0 Å². The van der Waals surface area contributed by atoms with E-state index in [1.165, 1.54) is 10.9 Å². The second kappa shape index (κ2) is 6.02. The molecule has 0 radical (unpaired) electrons. The highest BCUT2D eigenvalue weighted by Gasteiger charge is 2.28. The van der Waals surface area contributed by atoms with E-state index in [1.807, 2.05) is 18.2 Å². The summed E-state index contributed by atoms with van der Waals surface area (Å²) in [6.45, 7) is 0. The number of hydrogen-bond donors (Lipinski definition) is 2. The highest BCUT2D eigenvalue weighted by Crippen LogP contribution is 2.36. The number of aromatic amines is 1. The second-order valence-corrected chi connectivity index (χ2v) is 8.72. The van der Waals surface area contributed by atoms with Crippen molar-refractivity contribution < 1.29 is 8.42 Å². The van der Waals surface area contributed by atoms with E-state index in [1.54, 1.807) is 24.3 Å². The molecule has 1 aromatic heterocycles. The predicted octanol–water partition coefficient (Wildman–Crippen LogP) is 4.29. The molecule has 4 rings (SSSR count). The van der Waals surface area contributed by atoms with Gasteiger partial charge in [-0.3, -0.25) is 0 Å². The van der Waals surface area contributed by atoms with Crippen LogP contribution in [0.5, 0.6) is 0 Å².